The number of carbonyl (C=O) groups excluding carboxylic acids is 3. The number of esters is 1. The zero-order chi connectivity index (χ0) is 19.6. The Labute approximate surface area is 154 Å². The minimum atomic E-state index is -0.816. The SMILES string of the molecule is O=C(COC(=O)CNC(=O)c1cccc(F)c1)NCCc1ccccc1F. The quantitative estimate of drug-likeness (QED) is 0.686. The van der Waals surface area contributed by atoms with E-state index in [-0.39, 0.29) is 17.9 Å². The van der Waals surface area contributed by atoms with Gasteiger partial charge in [0.1, 0.15) is 18.2 Å². The van der Waals surface area contributed by atoms with Gasteiger partial charge >= 0.3 is 5.97 Å². The van der Waals surface area contributed by atoms with E-state index in [1.165, 1.54) is 24.3 Å². The average Bonchev–Trinajstić information content (AvgIpc) is 2.66. The Morgan fingerprint density at radius 2 is 1.74 bits per heavy atom. The van der Waals surface area contributed by atoms with Crippen molar-refractivity contribution in [2.45, 2.75) is 6.42 Å². The summed E-state index contributed by atoms with van der Waals surface area (Å²) in [5.41, 5.74) is 0.531. The number of hydrogen-bond donors (Lipinski definition) is 2. The van der Waals surface area contributed by atoms with Crippen molar-refractivity contribution in [2.75, 3.05) is 19.7 Å². The number of rotatable bonds is 8. The van der Waals surface area contributed by atoms with Crippen molar-refractivity contribution >= 4 is 17.8 Å². The van der Waals surface area contributed by atoms with Crippen LogP contribution in [0.25, 0.3) is 0 Å². The van der Waals surface area contributed by atoms with Gasteiger partial charge in [-0.1, -0.05) is 24.3 Å². The van der Waals surface area contributed by atoms with Crippen LogP contribution in [0.15, 0.2) is 48.5 Å². The predicted octanol–water partition coefficient (Wildman–Crippen LogP) is 1.60. The first-order valence-corrected chi connectivity index (χ1v) is 8.15. The van der Waals surface area contributed by atoms with E-state index >= 15 is 0 Å². The number of ether oxygens (including phenoxy) is 1. The molecule has 2 rings (SSSR count). The highest BCUT2D eigenvalue weighted by atomic mass is 19.1. The number of nitrogens with one attached hydrogen (secondary N) is 2. The fourth-order valence-electron chi connectivity index (χ4n) is 2.17. The van der Waals surface area contributed by atoms with Crippen molar-refractivity contribution in [3.63, 3.8) is 0 Å². The molecule has 0 saturated heterocycles. The second-order valence-electron chi connectivity index (χ2n) is 5.55. The van der Waals surface area contributed by atoms with Crippen molar-refractivity contribution < 1.29 is 27.9 Å². The van der Waals surface area contributed by atoms with Crippen LogP contribution in [0.2, 0.25) is 0 Å². The molecule has 0 saturated carbocycles. The average molecular weight is 376 g/mol. The first-order valence-electron chi connectivity index (χ1n) is 8.15. The van der Waals surface area contributed by atoms with Crippen molar-refractivity contribution in [3.8, 4) is 0 Å². The maximum atomic E-state index is 13.4. The normalized spacial score (nSPS) is 10.1. The minimum Gasteiger partial charge on any atom is -0.454 e. The lowest BCUT2D eigenvalue weighted by atomic mass is 10.1. The van der Waals surface area contributed by atoms with Gasteiger partial charge in [0, 0.05) is 12.1 Å². The Hall–Kier alpha value is -3.29. The standard InChI is InChI=1S/C19H18F2N2O4/c20-15-6-3-5-14(10-15)19(26)23-11-18(25)27-12-17(24)22-9-8-13-4-1-2-7-16(13)21/h1-7,10H,8-9,11-12H2,(H,22,24)(H,23,26). The van der Waals surface area contributed by atoms with Crippen LogP contribution in [0, 0.1) is 11.6 Å². The molecule has 2 N–H and O–H groups in total. The molecule has 2 aromatic rings. The van der Waals surface area contributed by atoms with Crippen molar-refractivity contribution in [1.29, 1.82) is 0 Å². The summed E-state index contributed by atoms with van der Waals surface area (Å²) in [5, 5.41) is 4.77. The Kier molecular flexibility index (Phi) is 7.42. The summed E-state index contributed by atoms with van der Waals surface area (Å²) < 4.78 is 31.2. The van der Waals surface area contributed by atoms with E-state index in [9.17, 15) is 23.2 Å². The van der Waals surface area contributed by atoms with E-state index in [0.717, 1.165) is 6.07 Å². The lowest BCUT2D eigenvalue weighted by molar-refractivity contribution is -0.147. The Morgan fingerprint density at radius 3 is 2.48 bits per heavy atom. The second-order valence-corrected chi connectivity index (χ2v) is 5.55. The fourth-order valence-corrected chi connectivity index (χ4v) is 2.17. The summed E-state index contributed by atoms with van der Waals surface area (Å²) in [6.45, 7) is -0.794. The number of hydrogen-bond acceptors (Lipinski definition) is 4. The molecule has 0 unspecified atom stereocenters. The zero-order valence-electron chi connectivity index (χ0n) is 14.3. The molecule has 8 heteroatoms. The Balaban J connectivity index is 1.64. The largest absolute Gasteiger partial charge is 0.454 e. The van der Waals surface area contributed by atoms with E-state index < -0.39 is 36.8 Å². The molecule has 2 aromatic carbocycles. The molecule has 0 heterocycles. The monoisotopic (exact) mass is 376 g/mol. The summed E-state index contributed by atoms with van der Waals surface area (Å²) in [5.74, 6) is -2.93. The molecule has 142 valence electrons. The number of carbonyl (C=O) groups is 3. The first-order chi connectivity index (χ1) is 13.0. The summed E-state index contributed by atoms with van der Waals surface area (Å²) >= 11 is 0. The molecule has 0 aromatic heterocycles. The highest BCUT2D eigenvalue weighted by Gasteiger charge is 2.11. The zero-order valence-corrected chi connectivity index (χ0v) is 14.3. The molecule has 27 heavy (non-hydrogen) atoms. The van der Waals surface area contributed by atoms with Gasteiger partial charge in [0.25, 0.3) is 11.8 Å². The Morgan fingerprint density at radius 1 is 0.963 bits per heavy atom. The van der Waals surface area contributed by atoms with Crippen LogP contribution in [0.1, 0.15) is 15.9 Å². The molecule has 0 spiro atoms. The van der Waals surface area contributed by atoms with Crippen LogP contribution in [-0.4, -0.2) is 37.5 Å². The maximum absolute atomic E-state index is 13.4. The van der Waals surface area contributed by atoms with E-state index in [4.69, 9.17) is 4.74 Å². The molecular formula is C19H18F2N2O4. The van der Waals surface area contributed by atoms with Crippen LogP contribution in [0.5, 0.6) is 0 Å². The number of halogens is 2. The molecular weight excluding hydrogens is 358 g/mol. The molecule has 0 atom stereocenters. The highest BCUT2D eigenvalue weighted by Crippen LogP contribution is 2.06. The molecule has 0 bridgehead atoms. The maximum Gasteiger partial charge on any atom is 0.325 e. The van der Waals surface area contributed by atoms with Crippen LogP contribution in [0.3, 0.4) is 0 Å². The van der Waals surface area contributed by atoms with Gasteiger partial charge in [-0.2, -0.15) is 0 Å². The van der Waals surface area contributed by atoms with Gasteiger partial charge in [-0.3, -0.25) is 14.4 Å². The molecule has 0 aliphatic carbocycles. The lowest BCUT2D eigenvalue weighted by Crippen LogP contribution is -2.34. The van der Waals surface area contributed by atoms with Gasteiger partial charge in [0.15, 0.2) is 6.61 Å². The predicted molar refractivity (Wildman–Crippen MR) is 92.8 cm³/mol. The summed E-state index contributed by atoms with van der Waals surface area (Å²) in [4.78, 5) is 34.9. The third-order valence-corrected chi connectivity index (χ3v) is 3.52. The van der Waals surface area contributed by atoms with Crippen molar-refractivity contribution in [1.82, 2.24) is 10.6 Å². The van der Waals surface area contributed by atoms with Crippen LogP contribution in [-0.2, 0) is 20.7 Å². The molecule has 6 nitrogen and oxygen atoms in total. The van der Waals surface area contributed by atoms with Crippen molar-refractivity contribution in [2.24, 2.45) is 0 Å². The molecule has 0 aliphatic heterocycles. The molecule has 2 amide bonds. The van der Waals surface area contributed by atoms with Gasteiger partial charge < -0.3 is 15.4 Å². The van der Waals surface area contributed by atoms with Crippen LogP contribution in [0.4, 0.5) is 8.78 Å². The van der Waals surface area contributed by atoms with E-state index in [1.807, 2.05) is 0 Å². The number of amides is 2. The third-order valence-electron chi connectivity index (χ3n) is 3.52. The summed E-state index contributed by atoms with van der Waals surface area (Å²) in [6.07, 6.45) is 0.302. The topological polar surface area (TPSA) is 84.5 Å². The van der Waals surface area contributed by atoms with E-state index in [1.54, 1.807) is 18.2 Å². The summed E-state index contributed by atoms with van der Waals surface area (Å²) in [7, 11) is 0. The van der Waals surface area contributed by atoms with Gasteiger partial charge in [-0.25, -0.2) is 8.78 Å². The van der Waals surface area contributed by atoms with Crippen LogP contribution >= 0.6 is 0 Å². The van der Waals surface area contributed by atoms with E-state index in [0.29, 0.717) is 12.0 Å². The molecule has 0 fully saturated rings. The summed E-state index contributed by atoms with van der Waals surface area (Å²) in [6, 6.07) is 11.2. The highest BCUT2D eigenvalue weighted by molar-refractivity contribution is 5.96. The second kappa shape index (κ2) is 10.0. The van der Waals surface area contributed by atoms with Gasteiger partial charge in [-0.15, -0.1) is 0 Å². The number of benzene rings is 2. The lowest BCUT2D eigenvalue weighted by Gasteiger charge is -2.08. The molecule has 0 radical (unpaired) electrons. The Bertz CT molecular complexity index is 827. The first kappa shape index (κ1) is 20.0. The smallest absolute Gasteiger partial charge is 0.325 e. The minimum absolute atomic E-state index is 0.0636. The van der Waals surface area contributed by atoms with Gasteiger partial charge in [0.05, 0.1) is 0 Å². The third kappa shape index (κ3) is 6.85. The van der Waals surface area contributed by atoms with E-state index in [2.05, 4.69) is 10.6 Å². The fraction of sp³-hybridized carbons (Fsp3) is 0.211. The van der Waals surface area contributed by atoms with Gasteiger partial charge in [-0.05, 0) is 36.2 Å². The molecule has 0 aliphatic rings. The van der Waals surface area contributed by atoms with Crippen molar-refractivity contribution in [3.05, 3.63) is 71.3 Å². The van der Waals surface area contributed by atoms with Crippen LogP contribution < -0.4 is 10.6 Å². The van der Waals surface area contributed by atoms with Gasteiger partial charge in [0.2, 0.25) is 0 Å².